The van der Waals surface area contributed by atoms with Crippen LogP contribution >= 0.6 is 0 Å². The summed E-state index contributed by atoms with van der Waals surface area (Å²) in [5.74, 6) is -0.920. The molecule has 0 spiro atoms. The van der Waals surface area contributed by atoms with Crippen LogP contribution in [0.5, 0.6) is 0 Å². The summed E-state index contributed by atoms with van der Waals surface area (Å²) in [5, 5.41) is 11.3. The first-order valence-electron chi connectivity index (χ1n) is 5.21. The summed E-state index contributed by atoms with van der Waals surface area (Å²) >= 11 is 0. The van der Waals surface area contributed by atoms with Crippen LogP contribution < -0.4 is 11.1 Å². The zero-order valence-corrected chi connectivity index (χ0v) is 9.70. The van der Waals surface area contributed by atoms with Crippen LogP contribution in [0.4, 0.5) is 10.1 Å². The third-order valence-corrected chi connectivity index (χ3v) is 2.38. The summed E-state index contributed by atoms with van der Waals surface area (Å²) in [4.78, 5) is 11.7. The number of carbonyl (C=O) groups is 1. The molecule has 4 nitrogen and oxygen atoms in total. The zero-order chi connectivity index (χ0) is 13.0. The Morgan fingerprint density at radius 3 is 2.71 bits per heavy atom. The molecular weight excluding hydrogens is 221 g/mol. The van der Waals surface area contributed by atoms with Gasteiger partial charge in [0.15, 0.2) is 0 Å². The molecule has 0 heterocycles. The number of hydrogen-bond acceptors (Lipinski definition) is 3. The van der Waals surface area contributed by atoms with E-state index in [0.29, 0.717) is 0 Å². The molecule has 0 aliphatic carbocycles. The van der Waals surface area contributed by atoms with E-state index in [2.05, 4.69) is 5.32 Å². The first kappa shape index (κ1) is 13.1. The summed E-state index contributed by atoms with van der Waals surface area (Å²) in [6.45, 7) is 3.64. The molecule has 0 saturated carbocycles. The van der Waals surface area contributed by atoms with E-state index >= 15 is 0 Å². The highest BCUT2D eigenvalue weighted by molar-refractivity contribution is 5.95. The zero-order valence-electron chi connectivity index (χ0n) is 9.70. The predicted molar refractivity (Wildman–Crippen MR) is 62.6 cm³/mol. The minimum absolute atomic E-state index is 0.0130. The van der Waals surface area contributed by atoms with Gasteiger partial charge in [-0.2, -0.15) is 5.26 Å². The van der Waals surface area contributed by atoms with Crippen molar-refractivity contribution >= 4 is 11.6 Å². The van der Waals surface area contributed by atoms with E-state index in [1.807, 2.05) is 19.9 Å². The molecule has 1 aromatic rings. The number of anilines is 1. The molecule has 3 N–H and O–H groups in total. The van der Waals surface area contributed by atoms with Crippen molar-refractivity contribution in [2.75, 3.05) is 5.32 Å². The van der Waals surface area contributed by atoms with Crippen molar-refractivity contribution in [3.05, 3.63) is 29.6 Å². The molecule has 0 aromatic heterocycles. The van der Waals surface area contributed by atoms with Gasteiger partial charge >= 0.3 is 0 Å². The SMILES string of the molecule is CC(C)[C@H](N)C(=O)Nc1ccc(F)cc1C#N. The molecule has 5 heteroatoms. The first-order valence-corrected chi connectivity index (χ1v) is 5.21. The molecule has 0 bridgehead atoms. The highest BCUT2D eigenvalue weighted by atomic mass is 19.1. The van der Waals surface area contributed by atoms with E-state index < -0.39 is 11.9 Å². The van der Waals surface area contributed by atoms with Crippen LogP contribution in [0.25, 0.3) is 0 Å². The fourth-order valence-electron chi connectivity index (χ4n) is 1.24. The topological polar surface area (TPSA) is 78.9 Å². The van der Waals surface area contributed by atoms with Crippen molar-refractivity contribution in [1.29, 1.82) is 5.26 Å². The lowest BCUT2D eigenvalue weighted by Crippen LogP contribution is -2.39. The average molecular weight is 235 g/mol. The van der Waals surface area contributed by atoms with Crippen LogP contribution in [-0.4, -0.2) is 11.9 Å². The maximum Gasteiger partial charge on any atom is 0.241 e. The molecule has 90 valence electrons. The van der Waals surface area contributed by atoms with E-state index in [-0.39, 0.29) is 23.1 Å². The predicted octanol–water partition coefficient (Wildman–Crippen LogP) is 1.62. The van der Waals surface area contributed by atoms with E-state index in [9.17, 15) is 9.18 Å². The van der Waals surface area contributed by atoms with E-state index in [1.165, 1.54) is 12.1 Å². The lowest BCUT2D eigenvalue weighted by molar-refractivity contribution is -0.118. The van der Waals surface area contributed by atoms with Crippen molar-refractivity contribution in [1.82, 2.24) is 0 Å². The van der Waals surface area contributed by atoms with Crippen molar-refractivity contribution in [3.8, 4) is 6.07 Å². The number of carbonyl (C=O) groups excluding carboxylic acids is 1. The fourth-order valence-corrected chi connectivity index (χ4v) is 1.24. The van der Waals surface area contributed by atoms with Crippen LogP contribution in [0.15, 0.2) is 18.2 Å². The van der Waals surface area contributed by atoms with Gasteiger partial charge < -0.3 is 11.1 Å². The number of benzene rings is 1. The summed E-state index contributed by atoms with van der Waals surface area (Å²) in [7, 11) is 0. The van der Waals surface area contributed by atoms with Gasteiger partial charge in [0.25, 0.3) is 0 Å². The first-order chi connectivity index (χ1) is 7.95. The van der Waals surface area contributed by atoms with Crippen LogP contribution in [0.3, 0.4) is 0 Å². The van der Waals surface area contributed by atoms with Gasteiger partial charge in [-0.05, 0) is 24.1 Å². The minimum Gasteiger partial charge on any atom is -0.324 e. The molecular formula is C12H14FN3O. The second-order valence-corrected chi connectivity index (χ2v) is 4.06. The largest absolute Gasteiger partial charge is 0.324 e. The highest BCUT2D eigenvalue weighted by Gasteiger charge is 2.18. The van der Waals surface area contributed by atoms with Crippen molar-refractivity contribution in [2.24, 2.45) is 11.7 Å². The van der Waals surface area contributed by atoms with Crippen LogP contribution in [0, 0.1) is 23.1 Å². The molecule has 0 aliphatic rings. The average Bonchev–Trinajstić information content (AvgIpc) is 2.30. The summed E-state index contributed by atoms with van der Waals surface area (Å²) in [5.41, 5.74) is 6.01. The molecule has 1 amide bonds. The van der Waals surface area contributed by atoms with Crippen LogP contribution in [-0.2, 0) is 4.79 Å². The van der Waals surface area contributed by atoms with Gasteiger partial charge in [0, 0.05) is 0 Å². The highest BCUT2D eigenvalue weighted by Crippen LogP contribution is 2.16. The number of nitrogens with one attached hydrogen (secondary N) is 1. The van der Waals surface area contributed by atoms with E-state index in [0.717, 1.165) is 6.07 Å². The van der Waals surface area contributed by atoms with Crippen molar-refractivity contribution in [3.63, 3.8) is 0 Å². The Balaban J connectivity index is 2.89. The van der Waals surface area contributed by atoms with Crippen LogP contribution in [0.1, 0.15) is 19.4 Å². The smallest absolute Gasteiger partial charge is 0.241 e. The molecule has 0 radical (unpaired) electrons. The second-order valence-electron chi connectivity index (χ2n) is 4.06. The molecule has 17 heavy (non-hydrogen) atoms. The third kappa shape index (κ3) is 3.26. The number of nitrogens with zero attached hydrogens (tertiary/aromatic N) is 1. The Morgan fingerprint density at radius 2 is 2.18 bits per heavy atom. The number of halogens is 1. The molecule has 1 atom stereocenters. The van der Waals surface area contributed by atoms with Gasteiger partial charge in [0.05, 0.1) is 17.3 Å². The molecule has 0 fully saturated rings. The number of nitriles is 1. The van der Waals surface area contributed by atoms with Gasteiger partial charge in [-0.1, -0.05) is 13.8 Å². The Kier molecular flexibility index (Phi) is 4.18. The number of nitrogens with two attached hydrogens (primary N) is 1. The summed E-state index contributed by atoms with van der Waals surface area (Å²) in [6, 6.07) is 4.74. The Morgan fingerprint density at radius 1 is 1.53 bits per heavy atom. The van der Waals surface area contributed by atoms with Gasteiger partial charge in [0.2, 0.25) is 5.91 Å². The van der Waals surface area contributed by atoms with Crippen molar-refractivity contribution < 1.29 is 9.18 Å². The maximum absolute atomic E-state index is 12.9. The standard InChI is InChI=1S/C12H14FN3O/c1-7(2)11(15)12(17)16-10-4-3-9(13)5-8(10)6-14/h3-5,7,11H,15H2,1-2H3,(H,16,17)/t11-/m0/s1. The summed E-state index contributed by atoms with van der Waals surface area (Å²) in [6.07, 6.45) is 0. The molecule has 1 aromatic carbocycles. The minimum atomic E-state index is -0.661. The summed E-state index contributed by atoms with van der Waals surface area (Å²) < 4.78 is 12.9. The van der Waals surface area contributed by atoms with Gasteiger partial charge in [0.1, 0.15) is 11.9 Å². The lowest BCUT2D eigenvalue weighted by atomic mass is 10.0. The Bertz CT molecular complexity index is 465. The fraction of sp³-hybridized carbons (Fsp3) is 0.333. The number of amides is 1. The van der Waals surface area contributed by atoms with Gasteiger partial charge in [-0.25, -0.2) is 4.39 Å². The number of rotatable bonds is 3. The van der Waals surface area contributed by atoms with Crippen LogP contribution in [0.2, 0.25) is 0 Å². The monoisotopic (exact) mass is 235 g/mol. The molecule has 0 aliphatic heterocycles. The van der Waals surface area contributed by atoms with E-state index in [1.54, 1.807) is 0 Å². The quantitative estimate of drug-likeness (QED) is 0.835. The molecule has 0 saturated heterocycles. The van der Waals surface area contributed by atoms with E-state index in [4.69, 9.17) is 11.0 Å². The third-order valence-electron chi connectivity index (χ3n) is 2.38. The Hall–Kier alpha value is -1.93. The molecule has 1 rings (SSSR count). The molecule has 0 unspecified atom stereocenters. The van der Waals surface area contributed by atoms with Gasteiger partial charge in [-0.3, -0.25) is 4.79 Å². The number of hydrogen-bond donors (Lipinski definition) is 2. The lowest BCUT2D eigenvalue weighted by Gasteiger charge is -2.15. The second kappa shape index (κ2) is 5.41. The van der Waals surface area contributed by atoms with Gasteiger partial charge in [-0.15, -0.1) is 0 Å². The maximum atomic E-state index is 12.9. The normalized spacial score (nSPS) is 12.0. The Labute approximate surface area is 99.2 Å². The van der Waals surface area contributed by atoms with Crippen molar-refractivity contribution in [2.45, 2.75) is 19.9 Å².